The lowest BCUT2D eigenvalue weighted by molar-refractivity contribution is -0.137. The lowest BCUT2D eigenvalue weighted by atomic mass is 10.1. The Labute approximate surface area is 151 Å². The molecule has 0 radical (unpaired) electrons. The third-order valence-electron chi connectivity index (χ3n) is 3.62. The van der Waals surface area contributed by atoms with Crippen LogP contribution in [-0.2, 0) is 12.6 Å². The molecule has 0 amide bonds. The van der Waals surface area contributed by atoms with Crippen molar-refractivity contribution >= 4 is 12.4 Å². The monoisotopic (exact) mass is 375 g/mol. The minimum absolute atomic E-state index is 0. The van der Waals surface area contributed by atoms with Gasteiger partial charge in [0.2, 0.25) is 0 Å². The van der Waals surface area contributed by atoms with E-state index >= 15 is 0 Å². The van der Waals surface area contributed by atoms with Gasteiger partial charge in [0.15, 0.2) is 0 Å². The van der Waals surface area contributed by atoms with Crippen LogP contribution in [0.15, 0.2) is 48.5 Å². The van der Waals surface area contributed by atoms with Crippen molar-refractivity contribution in [1.82, 2.24) is 0 Å². The van der Waals surface area contributed by atoms with Crippen LogP contribution in [0, 0.1) is 0 Å². The molecule has 1 unspecified atom stereocenters. The quantitative estimate of drug-likeness (QED) is 0.745. The van der Waals surface area contributed by atoms with Crippen molar-refractivity contribution in [3.05, 3.63) is 59.7 Å². The minimum atomic E-state index is -4.35. The van der Waals surface area contributed by atoms with Crippen LogP contribution in [0.4, 0.5) is 13.2 Å². The Bertz CT molecular complexity index is 630. The van der Waals surface area contributed by atoms with Crippen LogP contribution >= 0.6 is 12.4 Å². The van der Waals surface area contributed by atoms with Crippen LogP contribution < -0.4 is 10.5 Å². The molecule has 0 aliphatic heterocycles. The summed E-state index contributed by atoms with van der Waals surface area (Å²) in [5, 5.41) is 8.87. The number of nitrogens with two attached hydrogens (primary N) is 1. The molecule has 3 N–H and O–H groups in total. The number of halogens is 4. The number of aliphatic hydroxyl groups excluding tert-OH is 1. The van der Waals surface area contributed by atoms with Gasteiger partial charge < -0.3 is 15.6 Å². The molecule has 0 aliphatic carbocycles. The van der Waals surface area contributed by atoms with E-state index in [1.54, 1.807) is 12.1 Å². The first-order valence-electron chi connectivity index (χ1n) is 7.69. The molecule has 0 spiro atoms. The van der Waals surface area contributed by atoms with E-state index in [2.05, 4.69) is 0 Å². The third-order valence-corrected chi connectivity index (χ3v) is 3.62. The molecule has 0 aliphatic rings. The third kappa shape index (κ3) is 6.94. The SMILES string of the molecule is Cl.NC(CO)CCCc1ccc(Oc2ccc(C(F)(F)F)cc2)cc1. The maximum atomic E-state index is 12.5. The van der Waals surface area contributed by atoms with Crippen LogP contribution in [0.3, 0.4) is 0 Å². The molecule has 2 aromatic carbocycles. The maximum Gasteiger partial charge on any atom is 0.416 e. The fourth-order valence-electron chi connectivity index (χ4n) is 2.23. The second-order valence-electron chi connectivity index (χ2n) is 5.60. The van der Waals surface area contributed by atoms with Gasteiger partial charge in [-0.05, 0) is 61.2 Å². The molecule has 0 heterocycles. The Balaban J connectivity index is 0.00000312. The first-order valence-corrected chi connectivity index (χ1v) is 7.69. The summed E-state index contributed by atoms with van der Waals surface area (Å²) in [4.78, 5) is 0. The van der Waals surface area contributed by atoms with Crippen molar-refractivity contribution in [2.45, 2.75) is 31.5 Å². The lowest BCUT2D eigenvalue weighted by Crippen LogP contribution is -2.24. The second kappa shape index (κ2) is 9.65. The molecule has 3 nitrogen and oxygen atoms in total. The Morgan fingerprint density at radius 3 is 1.96 bits per heavy atom. The van der Waals surface area contributed by atoms with Gasteiger partial charge in [0.05, 0.1) is 12.2 Å². The number of benzene rings is 2. The predicted molar refractivity (Wildman–Crippen MR) is 93.2 cm³/mol. The summed E-state index contributed by atoms with van der Waals surface area (Å²) in [6, 6.07) is 11.8. The van der Waals surface area contributed by atoms with Gasteiger partial charge in [-0.1, -0.05) is 12.1 Å². The van der Waals surface area contributed by atoms with Crippen molar-refractivity contribution in [2.75, 3.05) is 6.61 Å². The molecule has 138 valence electrons. The molecule has 0 aromatic heterocycles. The smallest absolute Gasteiger partial charge is 0.416 e. The van der Waals surface area contributed by atoms with E-state index in [9.17, 15) is 13.2 Å². The highest BCUT2D eigenvalue weighted by Gasteiger charge is 2.30. The first kappa shape index (κ1) is 21.3. The van der Waals surface area contributed by atoms with E-state index in [0.29, 0.717) is 11.5 Å². The number of aliphatic hydroxyl groups is 1. The Hall–Kier alpha value is -1.76. The van der Waals surface area contributed by atoms with Crippen LogP contribution in [-0.4, -0.2) is 17.8 Å². The second-order valence-corrected chi connectivity index (χ2v) is 5.60. The van der Waals surface area contributed by atoms with Gasteiger partial charge in [0, 0.05) is 6.04 Å². The number of rotatable bonds is 7. The molecule has 1 atom stereocenters. The Morgan fingerprint density at radius 1 is 0.960 bits per heavy atom. The summed E-state index contributed by atoms with van der Waals surface area (Å²) in [6.07, 6.45) is -1.88. The van der Waals surface area contributed by atoms with Gasteiger partial charge in [-0.3, -0.25) is 0 Å². The lowest BCUT2D eigenvalue weighted by Gasteiger charge is -2.10. The van der Waals surface area contributed by atoms with Crippen LogP contribution in [0.25, 0.3) is 0 Å². The summed E-state index contributed by atoms with van der Waals surface area (Å²) in [5.74, 6) is 0.912. The zero-order valence-electron chi connectivity index (χ0n) is 13.5. The molecular weight excluding hydrogens is 355 g/mol. The van der Waals surface area contributed by atoms with Crippen molar-refractivity contribution in [1.29, 1.82) is 0 Å². The zero-order chi connectivity index (χ0) is 17.6. The highest BCUT2D eigenvalue weighted by Crippen LogP contribution is 2.31. The molecular formula is C18H21ClF3NO2. The zero-order valence-corrected chi connectivity index (χ0v) is 14.3. The summed E-state index contributed by atoms with van der Waals surface area (Å²) in [7, 11) is 0. The minimum Gasteiger partial charge on any atom is -0.457 e. The molecule has 7 heteroatoms. The van der Waals surface area contributed by atoms with Crippen molar-refractivity contribution in [3.63, 3.8) is 0 Å². The first-order chi connectivity index (χ1) is 11.4. The molecule has 0 saturated heterocycles. The summed E-state index contributed by atoms with van der Waals surface area (Å²) < 4.78 is 43.0. The topological polar surface area (TPSA) is 55.5 Å². The van der Waals surface area contributed by atoms with Gasteiger partial charge in [-0.15, -0.1) is 12.4 Å². The predicted octanol–water partition coefficient (Wildman–Crippen LogP) is 4.56. The van der Waals surface area contributed by atoms with Gasteiger partial charge in [0.25, 0.3) is 0 Å². The number of alkyl halides is 3. The summed E-state index contributed by atoms with van der Waals surface area (Å²) in [6.45, 7) is -0.0140. The maximum absolute atomic E-state index is 12.5. The van der Waals surface area contributed by atoms with Crippen molar-refractivity contribution in [3.8, 4) is 11.5 Å². The molecule has 2 aromatic rings. The summed E-state index contributed by atoms with van der Waals surface area (Å²) >= 11 is 0. The molecule has 0 fully saturated rings. The Morgan fingerprint density at radius 2 is 1.48 bits per heavy atom. The van der Waals surface area contributed by atoms with E-state index < -0.39 is 11.7 Å². The average molecular weight is 376 g/mol. The number of hydrogen-bond acceptors (Lipinski definition) is 3. The Kier molecular flexibility index (Phi) is 8.22. The highest BCUT2D eigenvalue weighted by molar-refractivity contribution is 5.85. The van der Waals surface area contributed by atoms with Crippen LogP contribution in [0.2, 0.25) is 0 Å². The van der Waals surface area contributed by atoms with Gasteiger partial charge in [-0.25, -0.2) is 0 Å². The summed E-state index contributed by atoms with van der Waals surface area (Å²) in [5.41, 5.74) is 6.05. The average Bonchev–Trinajstić information content (AvgIpc) is 2.56. The van der Waals surface area contributed by atoms with E-state index in [1.807, 2.05) is 12.1 Å². The standard InChI is InChI=1S/C18H20F3NO2.ClH/c19-18(20,21)14-6-10-17(11-7-14)24-16-8-4-13(5-9-16)2-1-3-15(22)12-23;/h4-11,15,23H,1-3,12,22H2;1H. The van der Waals surface area contributed by atoms with E-state index in [1.165, 1.54) is 12.1 Å². The molecule has 25 heavy (non-hydrogen) atoms. The van der Waals surface area contributed by atoms with Crippen molar-refractivity contribution in [2.24, 2.45) is 5.73 Å². The molecule has 2 rings (SSSR count). The van der Waals surface area contributed by atoms with Gasteiger partial charge in [0.1, 0.15) is 11.5 Å². The fraction of sp³-hybridized carbons (Fsp3) is 0.333. The van der Waals surface area contributed by atoms with Gasteiger partial charge in [-0.2, -0.15) is 13.2 Å². The fourth-order valence-corrected chi connectivity index (χ4v) is 2.23. The van der Waals surface area contributed by atoms with E-state index in [4.69, 9.17) is 15.6 Å². The van der Waals surface area contributed by atoms with Gasteiger partial charge >= 0.3 is 6.18 Å². The molecule has 0 saturated carbocycles. The largest absolute Gasteiger partial charge is 0.457 e. The van der Waals surface area contributed by atoms with Crippen LogP contribution in [0.5, 0.6) is 11.5 Å². The molecule has 0 bridgehead atoms. The number of hydrogen-bond donors (Lipinski definition) is 2. The van der Waals surface area contributed by atoms with E-state index in [0.717, 1.165) is 37.0 Å². The van der Waals surface area contributed by atoms with Crippen LogP contribution in [0.1, 0.15) is 24.0 Å². The van der Waals surface area contributed by atoms with E-state index in [-0.39, 0.29) is 25.1 Å². The number of aryl methyl sites for hydroxylation is 1. The highest BCUT2D eigenvalue weighted by atomic mass is 35.5. The number of ether oxygens (including phenoxy) is 1. The van der Waals surface area contributed by atoms with Crippen molar-refractivity contribution < 1.29 is 23.0 Å². The normalized spacial score (nSPS) is 12.4.